The highest BCUT2D eigenvalue weighted by atomic mass is 15.4. The molecule has 130 valence electrons. The van der Waals surface area contributed by atoms with Crippen molar-refractivity contribution in [3.8, 4) is 12.0 Å². The first-order valence-corrected chi connectivity index (χ1v) is 8.46. The number of pyridine rings is 1. The molecule has 0 aromatic carbocycles. The summed E-state index contributed by atoms with van der Waals surface area (Å²) in [6.07, 6.45) is 5.19. The molecule has 0 aliphatic heterocycles. The molecule has 7 nitrogen and oxygen atoms in total. The van der Waals surface area contributed by atoms with Gasteiger partial charge in [-0.25, -0.2) is 9.97 Å². The van der Waals surface area contributed by atoms with Crippen LogP contribution in [-0.4, -0.2) is 37.3 Å². The quantitative estimate of drug-likeness (QED) is 0.772. The normalized spacial score (nSPS) is 11.9. The maximum absolute atomic E-state index is 9.66. The largest absolute Gasteiger partial charge is 0.354 e. The fourth-order valence-corrected chi connectivity index (χ4v) is 3.03. The maximum Gasteiger partial charge on any atom is 0.229 e. The van der Waals surface area contributed by atoms with Crippen LogP contribution in [0.2, 0.25) is 0 Å². The second-order valence-corrected chi connectivity index (χ2v) is 6.85. The monoisotopic (exact) mass is 337 g/mol. The number of anilines is 1. The number of rotatable bonds is 5. The molecule has 0 atom stereocenters. The van der Waals surface area contributed by atoms with Gasteiger partial charge in [0.2, 0.25) is 5.95 Å². The van der Waals surface area contributed by atoms with Crippen LogP contribution in [-0.2, 0) is 5.41 Å². The molecule has 3 aromatic heterocycles. The topological polar surface area (TPSA) is 86.4 Å². The third-order valence-corrected chi connectivity index (χ3v) is 4.42. The average Bonchev–Trinajstić information content (AvgIpc) is 3.23. The zero-order valence-electron chi connectivity index (χ0n) is 15.3. The molecule has 0 saturated heterocycles. The first-order valence-electron chi connectivity index (χ1n) is 8.46. The zero-order chi connectivity index (χ0) is 18.2. The van der Waals surface area contributed by atoms with Crippen molar-refractivity contribution in [1.29, 1.82) is 5.26 Å². The maximum atomic E-state index is 9.66. The van der Waals surface area contributed by atoms with Crippen molar-refractivity contribution in [2.75, 3.05) is 11.4 Å². The molecule has 7 heteroatoms. The number of aromatic amines is 1. The summed E-state index contributed by atoms with van der Waals surface area (Å²) in [5, 5.41) is 15.0. The van der Waals surface area contributed by atoms with Gasteiger partial charge in [-0.15, -0.1) is 0 Å². The van der Waals surface area contributed by atoms with E-state index in [-0.39, 0.29) is 0 Å². The minimum Gasteiger partial charge on any atom is -0.354 e. The van der Waals surface area contributed by atoms with E-state index in [4.69, 9.17) is 4.98 Å². The van der Waals surface area contributed by atoms with Crippen LogP contribution >= 0.6 is 0 Å². The number of fused-ring (bicyclic) bond motifs is 1. The molecule has 0 amide bonds. The van der Waals surface area contributed by atoms with Gasteiger partial charge in [-0.1, -0.05) is 0 Å². The van der Waals surface area contributed by atoms with Crippen molar-refractivity contribution in [1.82, 2.24) is 24.7 Å². The molecule has 0 bridgehead atoms. The van der Waals surface area contributed by atoms with Crippen molar-refractivity contribution in [3.63, 3.8) is 0 Å². The molecule has 1 N–H and O–H groups in total. The van der Waals surface area contributed by atoms with E-state index >= 15 is 0 Å². The molecular weight excluding hydrogens is 314 g/mol. The van der Waals surface area contributed by atoms with Crippen molar-refractivity contribution in [2.24, 2.45) is 0 Å². The molecular formula is C18H23N7. The van der Waals surface area contributed by atoms with Crippen LogP contribution in [0.1, 0.15) is 40.2 Å². The second kappa shape index (κ2) is 6.20. The fraction of sp³-hybridized carbons (Fsp3) is 0.444. The lowest BCUT2D eigenvalue weighted by molar-refractivity contribution is 0.676. The van der Waals surface area contributed by atoms with E-state index in [0.29, 0.717) is 17.6 Å². The zero-order valence-corrected chi connectivity index (χ0v) is 15.3. The van der Waals surface area contributed by atoms with E-state index in [9.17, 15) is 5.26 Å². The van der Waals surface area contributed by atoms with Crippen LogP contribution < -0.4 is 4.90 Å². The summed E-state index contributed by atoms with van der Waals surface area (Å²) in [6, 6.07) is 4.72. The smallest absolute Gasteiger partial charge is 0.229 e. The summed E-state index contributed by atoms with van der Waals surface area (Å²) in [5.74, 6) is 1.45. The Morgan fingerprint density at radius 3 is 2.72 bits per heavy atom. The Hall–Kier alpha value is -2.88. The number of aromatic nitrogens is 5. The molecule has 0 saturated carbocycles. The standard InChI is InChI=1S/C18H23N7/c1-6-24(12(2)3)15-9-14(18(4,5)11-19)13-10-22-25(16(13)23-15)17-20-7-8-21-17/h7-10,12H,6H2,1-5H3,(H,20,21). The van der Waals surface area contributed by atoms with Crippen molar-refractivity contribution < 1.29 is 0 Å². The van der Waals surface area contributed by atoms with Crippen LogP contribution in [0.15, 0.2) is 24.7 Å². The molecule has 3 heterocycles. The third-order valence-electron chi connectivity index (χ3n) is 4.42. The number of hydrogen-bond donors (Lipinski definition) is 1. The van der Waals surface area contributed by atoms with Gasteiger partial charge in [0, 0.05) is 30.4 Å². The van der Waals surface area contributed by atoms with Crippen LogP contribution in [0.4, 0.5) is 5.82 Å². The van der Waals surface area contributed by atoms with Gasteiger partial charge >= 0.3 is 0 Å². The molecule has 0 aliphatic rings. The third kappa shape index (κ3) is 2.84. The van der Waals surface area contributed by atoms with Crippen LogP contribution in [0.3, 0.4) is 0 Å². The van der Waals surface area contributed by atoms with Gasteiger partial charge in [0.05, 0.1) is 17.7 Å². The van der Waals surface area contributed by atoms with E-state index < -0.39 is 5.41 Å². The lowest BCUT2D eigenvalue weighted by atomic mass is 9.85. The highest BCUT2D eigenvalue weighted by Gasteiger charge is 2.27. The summed E-state index contributed by atoms with van der Waals surface area (Å²) in [7, 11) is 0. The molecule has 3 aromatic rings. The Balaban J connectivity index is 2.32. The van der Waals surface area contributed by atoms with Crippen LogP contribution in [0.5, 0.6) is 0 Å². The number of imidazole rings is 1. The molecule has 0 aliphatic carbocycles. The van der Waals surface area contributed by atoms with Crippen LogP contribution in [0, 0.1) is 11.3 Å². The van der Waals surface area contributed by atoms with Gasteiger partial charge in [0.1, 0.15) is 5.82 Å². The number of nitrogens with one attached hydrogen (secondary N) is 1. The second-order valence-electron chi connectivity index (χ2n) is 6.85. The Labute approximate surface area is 147 Å². The average molecular weight is 337 g/mol. The molecule has 0 unspecified atom stereocenters. The van der Waals surface area contributed by atoms with E-state index in [2.05, 4.69) is 46.8 Å². The van der Waals surface area contributed by atoms with Gasteiger partial charge in [0.15, 0.2) is 5.65 Å². The Morgan fingerprint density at radius 1 is 1.40 bits per heavy atom. The van der Waals surface area contributed by atoms with Gasteiger partial charge in [-0.3, -0.25) is 0 Å². The van der Waals surface area contributed by atoms with Crippen LogP contribution in [0.25, 0.3) is 17.0 Å². The van der Waals surface area contributed by atoms with E-state index in [0.717, 1.165) is 23.3 Å². The number of hydrogen-bond acceptors (Lipinski definition) is 5. The molecule has 3 rings (SSSR count). The van der Waals surface area contributed by atoms with Gasteiger partial charge in [-0.2, -0.15) is 15.0 Å². The Morgan fingerprint density at radius 2 is 2.16 bits per heavy atom. The first-order chi connectivity index (χ1) is 11.9. The molecule has 0 spiro atoms. The number of H-pyrrole nitrogens is 1. The van der Waals surface area contributed by atoms with E-state index in [1.165, 1.54) is 0 Å². The summed E-state index contributed by atoms with van der Waals surface area (Å²) < 4.78 is 1.68. The Bertz CT molecular complexity index is 913. The minimum absolute atomic E-state index is 0.299. The lowest BCUT2D eigenvalue weighted by Crippen LogP contribution is -2.31. The van der Waals surface area contributed by atoms with Gasteiger partial charge in [0.25, 0.3) is 0 Å². The minimum atomic E-state index is -0.649. The van der Waals surface area contributed by atoms with Crippen molar-refractivity contribution in [3.05, 3.63) is 30.2 Å². The van der Waals surface area contributed by atoms with E-state index in [1.54, 1.807) is 23.3 Å². The van der Waals surface area contributed by atoms with Gasteiger partial charge in [-0.05, 0) is 46.2 Å². The molecule has 0 fully saturated rings. The van der Waals surface area contributed by atoms with Crippen molar-refractivity contribution in [2.45, 2.75) is 46.1 Å². The van der Waals surface area contributed by atoms with E-state index in [1.807, 2.05) is 19.9 Å². The summed E-state index contributed by atoms with van der Waals surface area (Å²) in [6.45, 7) is 11.0. The summed E-state index contributed by atoms with van der Waals surface area (Å²) in [5.41, 5.74) is 0.973. The SMILES string of the molecule is CCN(c1cc(C(C)(C)C#N)c2cnn(-c3ncc[nH]3)c2n1)C(C)C. The first kappa shape index (κ1) is 17.0. The predicted molar refractivity (Wildman–Crippen MR) is 97.8 cm³/mol. The molecule has 0 radical (unpaired) electrons. The summed E-state index contributed by atoms with van der Waals surface area (Å²) >= 11 is 0. The van der Waals surface area contributed by atoms with Crippen molar-refractivity contribution >= 4 is 16.9 Å². The Kier molecular flexibility index (Phi) is 4.21. The van der Waals surface area contributed by atoms with Gasteiger partial charge < -0.3 is 9.88 Å². The predicted octanol–water partition coefficient (Wildman–Crippen LogP) is 3.18. The highest BCUT2D eigenvalue weighted by molar-refractivity contribution is 5.83. The number of nitriles is 1. The molecule has 25 heavy (non-hydrogen) atoms. The summed E-state index contributed by atoms with van der Waals surface area (Å²) in [4.78, 5) is 14.4. The fourth-order valence-electron chi connectivity index (χ4n) is 3.03. The number of nitrogens with zero attached hydrogens (tertiary/aromatic N) is 6. The lowest BCUT2D eigenvalue weighted by Gasteiger charge is -2.28. The highest BCUT2D eigenvalue weighted by Crippen LogP contribution is 2.33.